The molecule has 2 nitrogen and oxygen atoms in total. The van der Waals surface area contributed by atoms with Gasteiger partial charge in [-0.3, -0.25) is 4.79 Å². The summed E-state index contributed by atoms with van der Waals surface area (Å²) in [5.41, 5.74) is 1.92. The van der Waals surface area contributed by atoms with Crippen molar-refractivity contribution >= 4 is 16.6 Å². The first-order valence-electron chi connectivity index (χ1n) is 5.48. The lowest BCUT2D eigenvalue weighted by Gasteiger charge is -2.21. The zero-order valence-electron chi connectivity index (χ0n) is 8.81. The van der Waals surface area contributed by atoms with Gasteiger partial charge in [-0.25, -0.2) is 0 Å². The van der Waals surface area contributed by atoms with E-state index in [4.69, 9.17) is 0 Å². The molecule has 0 fully saturated rings. The van der Waals surface area contributed by atoms with Crippen LogP contribution in [0.3, 0.4) is 0 Å². The van der Waals surface area contributed by atoms with E-state index in [-0.39, 0.29) is 5.78 Å². The van der Waals surface area contributed by atoms with E-state index in [0.717, 1.165) is 22.9 Å². The van der Waals surface area contributed by atoms with Gasteiger partial charge in [-0.15, -0.1) is 0 Å². The highest BCUT2D eigenvalue weighted by molar-refractivity contribution is 5.93. The van der Waals surface area contributed by atoms with Crippen LogP contribution in [0.5, 0.6) is 0 Å². The first kappa shape index (κ1) is 9.55. The monoisotopic (exact) mass is 212 g/mol. The second kappa shape index (κ2) is 3.42. The molecule has 0 aliphatic heterocycles. The van der Waals surface area contributed by atoms with E-state index in [1.165, 1.54) is 5.39 Å². The summed E-state index contributed by atoms with van der Waals surface area (Å²) in [5, 5.41) is 12.2. The van der Waals surface area contributed by atoms with Gasteiger partial charge in [-0.05, 0) is 28.3 Å². The molecule has 16 heavy (non-hydrogen) atoms. The molecular weight excluding hydrogens is 200 g/mol. The maximum Gasteiger partial charge on any atom is 0.166 e. The zero-order chi connectivity index (χ0) is 11.1. The van der Waals surface area contributed by atoms with E-state index in [2.05, 4.69) is 12.1 Å². The largest absolute Gasteiger partial charge is 0.381 e. The second-order valence-corrected chi connectivity index (χ2v) is 4.22. The van der Waals surface area contributed by atoms with Gasteiger partial charge in [-0.1, -0.05) is 36.4 Å². The molecule has 1 unspecified atom stereocenters. The Morgan fingerprint density at radius 2 is 1.88 bits per heavy atom. The lowest BCUT2D eigenvalue weighted by Crippen LogP contribution is -2.20. The van der Waals surface area contributed by atoms with Crippen LogP contribution in [-0.4, -0.2) is 10.9 Å². The van der Waals surface area contributed by atoms with E-state index < -0.39 is 6.10 Å². The number of aliphatic hydroxyl groups is 1. The van der Waals surface area contributed by atoms with Gasteiger partial charge in [-0.2, -0.15) is 0 Å². The minimum absolute atomic E-state index is 0.0669. The predicted octanol–water partition coefficient (Wildman–Crippen LogP) is 2.39. The van der Waals surface area contributed by atoms with E-state index in [9.17, 15) is 9.90 Å². The van der Waals surface area contributed by atoms with Crippen molar-refractivity contribution in [1.29, 1.82) is 0 Å². The number of hydrogen-bond acceptors (Lipinski definition) is 2. The van der Waals surface area contributed by atoms with Crippen LogP contribution in [0.25, 0.3) is 10.8 Å². The molecule has 1 aliphatic carbocycles. The van der Waals surface area contributed by atoms with Crippen molar-refractivity contribution < 1.29 is 9.90 Å². The Labute approximate surface area is 93.5 Å². The van der Waals surface area contributed by atoms with Gasteiger partial charge in [0.15, 0.2) is 5.78 Å². The molecule has 0 saturated heterocycles. The van der Waals surface area contributed by atoms with E-state index in [1.807, 2.05) is 24.3 Å². The summed E-state index contributed by atoms with van der Waals surface area (Å²) in [4.78, 5) is 11.4. The van der Waals surface area contributed by atoms with Crippen molar-refractivity contribution in [2.24, 2.45) is 0 Å². The minimum atomic E-state index is -0.923. The zero-order valence-corrected chi connectivity index (χ0v) is 8.81. The molecule has 0 bridgehead atoms. The second-order valence-electron chi connectivity index (χ2n) is 4.22. The number of rotatable bonds is 0. The summed E-state index contributed by atoms with van der Waals surface area (Å²) in [6, 6.07) is 11.9. The average molecular weight is 212 g/mol. The highest BCUT2D eigenvalue weighted by Crippen LogP contribution is 2.32. The van der Waals surface area contributed by atoms with Crippen LogP contribution in [-0.2, 0) is 11.2 Å². The first-order valence-corrected chi connectivity index (χ1v) is 5.48. The summed E-state index contributed by atoms with van der Waals surface area (Å²) in [5.74, 6) is -0.0669. The van der Waals surface area contributed by atoms with Gasteiger partial charge < -0.3 is 5.11 Å². The quantitative estimate of drug-likeness (QED) is 0.728. The van der Waals surface area contributed by atoms with Crippen LogP contribution in [0.1, 0.15) is 23.7 Å². The summed E-state index contributed by atoms with van der Waals surface area (Å²) >= 11 is 0. The predicted molar refractivity (Wildman–Crippen MR) is 62.2 cm³/mol. The maximum atomic E-state index is 11.4. The van der Waals surface area contributed by atoms with Gasteiger partial charge >= 0.3 is 0 Å². The van der Waals surface area contributed by atoms with Crippen LogP contribution in [0.15, 0.2) is 36.4 Å². The fourth-order valence-electron chi connectivity index (χ4n) is 2.45. The Kier molecular flexibility index (Phi) is 2.04. The molecule has 0 radical (unpaired) electrons. The molecule has 0 spiro atoms. The van der Waals surface area contributed by atoms with Gasteiger partial charge in [0.25, 0.3) is 0 Å². The molecule has 2 aromatic rings. The molecule has 1 atom stereocenters. The van der Waals surface area contributed by atoms with Crippen molar-refractivity contribution in [3.05, 3.63) is 47.5 Å². The molecule has 1 aliphatic rings. The molecule has 1 N–H and O–H groups in total. The number of hydrogen-bond donors (Lipinski definition) is 1. The Bertz CT molecular complexity index is 572. The van der Waals surface area contributed by atoms with Gasteiger partial charge in [0, 0.05) is 6.42 Å². The molecule has 2 heteroatoms. The average Bonchev–Trinajstić information content (AvgIpc) is 2.33. The highest BCUT2D eigenvalue weighted by Gasteiger charge is 2.26. The molecule has 0 amide bonds. The van der Waals surface area contributed by atoms with Gasteiger partial charge in [0.05, 0.1) is 0 Å². The van der Waals surface area contributed by atoms with E-state index in [1.54, 1.807) is 0 Å². The standard InChI is InChI=1S/C14H12O2/c15-13-8-7-11-10-4-2-1-3-9(10)5-6-12(11)14(13)16/h1-6,14,16H,7-8H2. The van der Waals surface area contributed by atoms with Crippen molar-refractivity contribution in [2.75, 3.05) is 0 Å². The number of benzene rings is 2. The molecule has 2 aromatic carbocycles. The molecule has 3 rings (SSSR count). The smallest absolute Gasteiger partial charge is 0.166 e. The Morgan fingerprint density at radius 3 is 2.75 bits per heavy atom. The van der Waals surface area contributed by atoms with Crippen LogP contribution in [0, 0.1) is 0 Å². The van der Waals surface area contributed by atoms with Crippen LogP contribution >= 0.6 is 0 Å². The molecule has 0 aromatic heterocycles. The third kappa shape index (κ3) is 1.27. The number of ketones is 1. The number of Topliss-reactive ketones (excluding diaryl/α,β-unsaturated/α-hetero) is 1. The van der Waals surface area contributed by atoms with Gasteiger partial charge in [0.1, 0.15) is 6.10 Å². The van der Waals surface area contributed by atoms with Crippen LogP contribution < -0.4 is 0 Å². The SMILES string of the molecule is O=C1CCc2c(ccc3ccccc23)C1O. The molecule has 0 heterocycles. The Morgan fingerprint density at radius 1 is 1.06 bits per heavy atom. The van der Waals surface area contributed by atoms with Crippen molar-refractivity contribution in [1.82, 2.24) is 0 Å². The van der Waals surface area contributed by atoms with E-state index >= 15 is 0 Å². The van der Waals surface area contributed by atoms with Crippen molar-refractivity contribution in [2.45, 2.75) is 18.9 Å². The number of carbonyl (C=O) groups excluding carboxylic acids is 1. The summed E-state index contributed by atoms with van der Waals surface area (Å²) in [6.45, 7) is 0. The highest BCUT2D eigenvalue weighted by atomic mass is 16.3. The number of aryl methyl sites for hydroxylation is 1. The van der Waals surface area contributed by atoms with Gasteiger partial charge in [0.2, 0.25) is 0 Å². The van der Waals surface area contributed by atoms with Crippen LogP contribution in [0.2, 0.25) is 0 Å². The van der Waals surface area contributed by atoms with Crippen molar-refractivity contribution in [3.63, 3.8) is 0 Å². The Hall–Kier alpha value is -1.67. The number of fused-ring (bicyclic) bond motifs is 3. The molecule has 0 saturated carbocycles. The fraction of sp³-hybridized carbons (Fsp3) is 0.214. The van der Waals surface area contributed by atoms with Crippen molar-refractivity contribution in [3.8, 4) is 0 Å². The minimum Gasteiger partial charge on any atom is -0.381 e. The third-order valence-corrected chi connectivity index (χ3v) is 3.30. The normalized spacial score (nSPS) is 19.8. The lowest BCUT2D eigenvalue weighted by atomic mass is 9.85. The Balaban J connectivity index is 2.31. The molecular formula is C14H12O2. The topological polar surface area (TPSA) is 37.3 Å². The van der Waals surface area contributed by atoms with E-state index in [0.29, 0.717) is 6.42 Å². The fourth-order valence-corrected chi connectivity index (χ4v) is 2.45. The summed E-state index contributed by atoms with van der Waals surface area (Å²) < 4.78 is 0. The third-order valence-electron chi connectivity index (χ3n) is 3.30. The van der Waals surface area contributed by atoms with Crippen LogP contribution in [0.4, 0.5) is 0 Å². The summed E-state index contributed by atoms with van der Waals surface area (Å²) in [6.07, 6.45) is 0.266. The maximum absolute atomic E-state index is 11.4. The lowest BCUT2D eigenvalue weighted by molar-refractivity contribution is -0.128. The number of aliphatic hydroxyl groups excluding tert-OH is 1. The summed E-state index contributed by atoms with van der Waals surface area (Å²) in [7, 11) is 0. The molecule has 80 valence electrons. The number of carbonyl (C=O) groups is 1. The first-order chi connectivity index (χ1) is 7.77.